The second-order valence-electron chi connectivity index (χ2n) is 5.41. The molecule has 0 aliphatic carbocycles. The zero-order chi connectivity index (χ0) is 16.9. The van der Waals surface area contributed by atoms with Crippen LogP contribution in [-0.4, -0.2) is 31.0 Å². The first kappa shape index (κ1) is 15.8. The predicted octanol–water partition coefficient (Wildman–Crippen LogP) is 1.82. The molecule has 1 N–H and O–H groups in total. The number of rotatable bonds is 5. The minimum atomic E-state index is -0.237. The van der Waals surface area contributed by atoms with E-state index in [1.807, 2.05) is 38.1 Å². The fourth-order valence-corrected chi connectivity index (χ4v) is 2.45. The van der Waals surface area contributed by atoms with Crippen molar-refractivity contribution in [1.82, 2.24) is 24.5 Å². The van der Waals surface area contributed by atoms with E-state index >= 15 is 0 Å². The average Bonchev–Trinajstić information content (AvgIpc) is 2.58. The summed E-state index contributed by atoms with van der Waals surface area (Å²) in [5.74, 6) is 0.516. The molecule has 122 valence electrons. The van der Waals surface area contributed by atoms with E-state index in [0.29, 0.717) is 19.0 Å². The molecule has 24 heavy (non-hydrogen) atoms. The molecule has 0 fully saturated rings. The van der Waals surface area contributed by atoms with E-state index in [1.165, 1.54) is 0 Å². The van der Waals surface area contributed by atoms with Gasteiger partial charge in [-0.25, -0.2) is 14.8 Å². The van der Waals surface area contributed by atoms with Gasteiger partial charge in [-0.05, 0) is 38.1 Å². The highest BCUT2D eigenvalue weighted by Gasteiger charge is 2.04. The summed E-state index contributed by atoms with van der Waals surface area (Å²) in [7, 11) is 0. The van der Waals surface area contributed by atoms with Gasteiger partial charge < -0.3 is 5.32 Å². The summed E-state index contributed by atoms with van der Waals surface area (Å²) < 4.78 is 1.63. The Hall–Kier alpha value is -3.09. The van der Waals surface area contributed by atoms with Gasteiger partial charge >= 0.3 is 5.69 Å². The van der Waals surface area contributed by atoms with Gasteiger partial charge in [0.05, 0.1) is 5.69 Å². The van der Waals surface area contributed by atoms with Crippen molar-refractivity contribution in [3.63, 3.8) is 0 Å². The Bertz CT molecular complexity index is 891. The Labute approximate surface area is 139 Å². The van der Waals surface area contributed by atoms with Crippen molar-refractivity contribution in [2.75, 3.05) is 11.9 Å². The van der Waals surface area contributed by atoms with Crippen LogP contribution < -0.4 is 11.0 Å². The molecule has 3 heterocycles. The molecule has 3 aromatic rings. The third kappa shape index (κ3) is 3.62. The van der Waals surface area contributed by atoms with Crippen molar-refractivity contribution < 1.29 is 0 Å². The molecular formula is C17H18N6O. The number of aromatic nitrogens is 5. The fourth-order valence-electron chi connectivity index (χ4n) is 2.45. The normalized spacial score (nSPS) is 10.6. The SMILES string of the molecule is Cc1cc(C)n(CCNc2nccc(-c3cccnc3)n2)c(=O)n1. The maximum Gasteiger partial charge on any atom is 0.348 e. The second-order valence-corrected chi connectivity index (χ2v) is 5.41. The van der Waals surface area contributed by atoms with Crippen LogP contribution in [0.4, 0.5) is 5.95 Å². The minimum absolute atomic E-state index is 0.237. The summed E-state index contributed by atoms with van der Waals surface area (Å²) in [6.45, 7) is 4.74. The summed E-state index contributed by atoms with van der Waals surface area (Å²) in [6, 6.07) is 7.53. The van der Waals surface area contributed by atoms with Gasteiger partial charge in [0.15, 0.2) is 0 Å². The van der Waals surface area contributed by atoms with E-state index in [4.69, 9.17) is 0 Å². The van der Waals surface area contributed by atoms with E-state index in [-0.39, 0.29) is 5.69 Å². The van der Waals surface area contributed by atoms with Crippen molar-refractivity contribution in [3.8, 4) is 11.3 Å². The molecule has 0 saturated carbocycles. The fraction of sp³-hybridized carbons (Fsp3) is 0.235. The van der Waals surface area contributed by atoms with Crippen LogP contribution in [0.15, 0.2) is 47.7 Å². The minimum Gasteiger partial charge on any atom is -0.352 e. The highest BCUT2D eigenvalue weighted by atomic mass is 16.1. The summed E-state index contributed by atoms with van der Waals surface area (Å²) in [6.07, 6.45) is 5.18. The molecule has 0 amide bonds. The molecule has 0 bridgehead atoms. The van der Waals surface area contributed by atoms with Gasteiger partial charge in [0, 0.05) is 48.6 Å². The molecule has 3 rings (SSSR count). The van der Waals surface area contributed by atoms with Gasteiger partial charge in [0.1, 0.15) is 0 Å². The van der Waals surface area contributed by atoms with Crippen molar-refractivity contribution in [1.29, 1.82) is 0 Å². The van der Waals surface area contributed by atoms with Crippen molar-refractivity contribution in [3.05, 3.63) is 64.7 Å². The molecule has 0 unspecified atom stereocenters. The maximum atomic E-state index is 11.9. The molecular weight excluding hydrogens is 304 g/mol. The Kier molecular flexibility index (Phi) is 4.60. The maximum absolute atomic E-state index is 11.9. The average molecular weight is 322 g/mol. The van der Waals surface area contributed by atoms with Gasteiger partial charge in [-0.1, -0.05) is 0 Å². The zero-order valence-corrected chi connectivity index (χ0v) is 13.6. The lowest BCUT2D eigenvalue weighted by Gasteiger charge is -2.11. The van der Waals surface area contributed by atoms with Gasteiger partial charge in [0.2, 0.25) is 5.95 Å². The molecule has 7 nitrogen and oxygen atoms in total. The van der Waals surface area contributed by atoms with E-state index in [2.05, 4.69) is 25.3 Å². The number of nitrogens with one attached hydrogen (secondary N) is 1. The number of nitrogens with zero attached hydrogens (tertiary/aromatic N) is 5. The summed E-state index contributed by atoms with van der Waals surface area (Å²) in [4.78, 5) is 28.7. The topological polar surface area (TPSA) is 85.6 Å². The second kappa shape index (κ2) is 6.99. The van der Waals surface area contributed by atoms with Crippen LogP contribution in [-0.2, 0) is 6.54 Å². The molecule has 0 spiro atoms. The monoisotopic (exact) mass is 322 g/mol. The molecule has 0 aliphatic rings. The van der Waals surface area contributed by atoms with E-state index in [9.17, 15) is 4.79 Å². The number of aryl methyl sites for hydroxylation is 2. The third-order valence-corrected chi connectivity index (χ3v) is 3.58. The van der Waals surface area contributed by atoms with Gasteiger partial charge in [-0.3, -0.25) is 9.55 Å². The molecule has 0 aliphatic heterocycles. The largest absolute Gasteiger partial charge is 0.352 e. The van der Waals surface area contributed by atoms with Crippen LogP contribution in [0.5, 0.6) is 0 Å². The van der Waals surface area contributed by atoms with E-state index < -0.39 is 0 Å². The summed E-state index contributed by atoms with van der Waals surface area (Å²) in [5, 5.41) is 3.14. The standard InChI is InChI=1S/C17H18N6O/c1-12-10-13(2)23(17(24)21-12)9-8-20-16-19-7-5-15(22-16)14-4-3-6-18-11-14/h3-7,10-11H,8-9H2,1-2H3,(H,19,20,22). The van der Waals surface area contributed by atoms with Crippen LogP contribution in [0.1, 0.15) is 11.4 Å². The predicted molar refractivity (Wildman–Crippen MR) is 91.7 cm³/mol. The Morgan fingerprint density at radius 1 is 1.17 bits per heavy atom. The number of pyridine rings is 1. The van der Waals surface area contributed by atoms with Gasteiger partial charge in [-0.2, -0.15) is 4.98 Å². The Morgan fingerprint density at radius 2 is 2.04 bits per heavy atom. The van der Waals surface area contributed by atoms with Crippen LogP contribution in [0.2, 0.25) is 0 Å². The molecule has 7 heteroatoms. The highest BCUT2D eigenvalue weighted by Crippen LogP contribution is 2.15. The van der Waals surface area contributed by atoms with Crippen LogP contribution in [0.3, 0.4) is 0 Å². The van der Waals surface area contributed by atoms with E-state index in [0.717, 1.165) is 22.6 Å². The Balaban J connectivity index is 1.69. The van der Waals surface area contributed by atoms with Crippen LogP contribution in [0.25, 0.3) is 11.3 Å². The van der Waals surface area contributed by atoms with Crippen LogP contribution >= 0.6 is 0 Å². The van der Waals surface area contributed by atoms with Gasteiger partial charge in [-0.15, -0.1) is 0 Å². The number of anilines is 1. The quantitative estimate of drug-likeness (QED) is 0.771. The smallest absolute Gasteiger partial charge is 0.348 e. The van der Waals surface area contributed by atoms with Crippen molar-refractivity contribution in [2.45, 2.75) is 20.4 Å². The summed E-state index contributed by atoms with van der Waals surface area (Å²) in [5.41, 5.74) is 3.11. The van der Waals surface area contributed by atoms with Crippen LogP contribution in [0, 0.1) is 13.8 Å². The third-order valence-electron chi connectivity index (χ3n) is 3.58. The summed E-state index contributed by atoms with van der Waals surface area (Å²) >= 11 is 0. The van der Waals surface area contributed by atoms with E-state index in [1.54, 1.807) is 23.2 Å². The first-order valence-corrected chi connectivity index (χ1v) is 7.66. The molecule has 3 aromatic heterocycles. The van der Waals surface area contributed by atoms with Gasteiger partial charge in [0.25, 0.3) is 0 Å². The molecule has 0 aromatic carbocycles. The lowest BCUT2D eigenvalue weighted by Crippen LogP contribution is -2.28. The highest BCUT2D eigenvalue weighted by molar-refractivity contribution is 5.58. The lowest BCUT2D eigenvalue weighted by molar-refractivity contribution is 0.646. The zero-order valence-electron chi connectivity index (χ0n) is 13.6. The Morgan fingerprint density at radius 3 is 2.79 bits per heavy atom. The first-order chi connectivity index (χ1) is 11.6. The number of hydrogen-bond donors (Lipinski definition) is 1. The first-order valence-electron chi connectivity index (χ1n) is 7.66. The lowest BCUT2D eigenvalue weighted by atomic mass is 10.2. The molecule has 0 saturated heterocycles. The molecule has 0 radical (unpaired) electrons. The van der Waals surface area contributed by atoms with Crippen molar-refractivity contribution >= 4 is 5.95 Å². The molecule has 0 atom stereocenters. The number of hydrogen-bond acceptors (Lipinski definition) is 6. The van der Waals surface area contributed by atoms with Crippen molar-refractivity contribution in [2.24, 2.45) is 0 Å².